The molecule has 23 heavy (non-hydrogen) atoms. The molecule has 0 aromatic carbocycles. The molecule has 0 spiro atoms. The summed E-state index contributed by atoms with van der Waals surface area (Å²) < 4.78 is 10.7. The fourth-order valence-corrected chi connectivity index (χ4v) is 3.79. The third kappa shape index (κ3) is 4.93. The Hall–Kier alpha value is -0.610. The van der Waals surface area contributed by atoms with Crippen molar-refractivity contribution in [1.29, 1.82) is 0 Å². The monoisotopic (exact) mass is 327 g/mol. The zero-order valence-corrected chi connectivity index (χ0v) is 16.3. The van der Waals surface area contributed by atoms with Crippen LogP contribution >= 0.6 is 0 Å². The second-order valence-electron chi connectivity index (χ2n) is 8.32. The first-order chi connectivity index (χ1) is 10.7. The van der Waals surface area contributed by atoms with E-state index in [1.54, 1.807) is 0 Å². The summed E-state index contributed by atoms with van der Waals surface area (Å²) >= 11 is 0. The first-order valence-electron chi connectivity index (χ1n) is 9.19. The van der Waals surface area contributed by atoms with Gasteiger partial charge in [0.25, 0.3) is 0 Å². The van der Waals surface area contributed by atoms with Gasteiger partial charge in [0.15, 0.2) is 6.79 Å². The minimum absolute atomic E-state index is 0.0573. The molecule has 0 amide bonds. The summed E-state index contributed by atoms with van der Waals surface area (Å²) in [6.07, 6.45) is 6.35. The Morgan fingerprint density at radius 3 is 2.35 bits per heavy atom. The lowest BCUT2D eigenvalue weighted by Crippen LogP contribution is -2.51. The molecule has 4 nitrogen and oxygen atoms in total. The normalized spacial score (nSPS) is 33.4. The molecule has 1 saturated heterocycles. The standard InChI is InChI=1S/C17H31NO3.C2H6/c1-15(2,3)14(19)21-12-20-11-13-10-16(4)8-6-7-9-17(16,5)18-13;1-2/h13,18H,6-12H2,1-5H3;1-2H3/t13-,16-,17-;/m1./s1. The number of carbonyl (C=O) groups excluding carboxylic acids is 1. The third-order valence-electron chi connectivity index (χ3n) is 5.41. The Morgan fingerprint density at radius 1 is 1.17 bits per heavy atom. The van der Waals surface area contributed by atoms with E-state index in [-0.39, 0.29) is 18.3 Å². The Balaban J connectivity index is 0.00000127. The molecule has 3 atom stereocenters. The lowest BCUT2D eigenvalue weighted by molar-refractivity contribution is -0.166. The number of nitrogens with one attached hydrogen (secondary N) is 1. The van der Waals surface area contributed by atoms with E-state index < -0.39 is 5.41 Å². The second kappa shape index (κ2) is 7.98. The van der Waals surface area contributed by atoms with Crippen molar-refractivity contribution in [3.63, 3.8) is 0 Å². The lowest BCUT2D eigenvalue weighted by Gasteiger charge is -2.45. The average molecular weight is 328 g/mol. The molecule has 2 fully saturated rings. The van der Waals surface area contributed by atoms with Crippen molar-refractivity contribution < 1.29 is 14.3 Å². The Labute approximate surface area is 142 Å². The summed E-state index contributed by atoms with van der Waals surface area (Å²) in [5, 5.41) is 3.76. The molecule has 2 rings (SSSR count). The van der Waals surface area contributed by atoms with E-state index >= 15 is 0 Å². The molecule has 1 heterocycles. The first kappa shape index (κ1) is 20.4. The summed E-state index contributed by atoms with van der Waals surface area (Å²) in [7, 11) is 0. The van der Waals surface area contributed by atoms with Crippen molar-refractivity contribution in [3.05, 3.63) is 0 Å². The molecule has 2 aliphatic rings. The van der Waals surface area contributed by atoms with E-state index in [0.29, 0.717) is 18.1 Å². The molecule has 0 aromatic rings. The van der Waals surface area contributed by atoms with Gasteiger partial charge < -0.3 is 14.8 Å². The summed E-state index contributed by atoms with van der Waals surface area (Å²) in [6.45, 7) is 15.0. The fraction of sp³-hybridized carbons (Fsp3) is 0.947. The maximum absolute atomic E-state index is 11.6. The Kier molecular flexibility index (Phi) is 7.09. The molecule has 0 unspecified atom stereocenters. The molecule has 1 aliphatic carbocycles. The highest BCUT2D eigenvalue weighted by Crippen LogP contribution is 2.51. The van der Waals surface area contributed by atoms with Crippen LogP contribution in [-0.2, 0) is 14.3 Å². The van der Waals surface area contributed by atoms with Gasteiger partial charge in [-0.15, -0.1) is 0 Å². The van der Waals surface area contributed by atoms with E-state index in [4.69, 9.17) is 9.47 Å². The molecule has 1 N–H and O–H groups in total. The van der Waals surface area contributed by atoms with Gasteiger partial charge in [0.05, 0.1) is 12.0 Å². The van der Waals surface area contributed by atoms with Crippen LogP contribution < -0.4 is 5.32 Å². The van der Waals surface area contributed by atoms with Gasteiger partial charge in [-0.3, -0.25) is 4.79 Å². The van der Waals surface area contributed by atoms with Crippen molar-refractivity contribution in [2.75, 3.05) is 13.4 Å². The highest BCUT2D eigenvalue weighted by molar-refractivity contribution is 5.75. The predicted molar refractivity (Wildman–Crippen MR) is 94.2 cm³/mol. The SMILES string of the molecule is CC.CC(C)(C)C(=O)OCOC[C@H]1C[C@@]2(C)CCCC[C@@]2(C)N1. The molecular weight excluding hydrogens is 290 g/mol. The van der Waals surface area contributed by atoms with Gasteiger partial charge in [0.1, 0.15) is 0 Å². The van der Waals surface area contributed by atoms with Gasteiger partial charge in [-0.2, -0.15) is 0 Å². The summed E-state index contributed by atoms with van der Waals surface area (Å²) in [6, 6.07) is 0.367. The van der Waals surface area contributed by atoms with Crippen LogP contribution in [0.5, 0.6) is 0 Å². The van der Waals surface area contributed by atoms with Crippen LogP contribution in [0.25, 0.3) is 0 Å². The van der Waals surface area contributed by atoms with Gasteiger partial charge in [0.2, 0.25) is 0 Å². The molecule has 0 bridgehead atoms. The second-order valence-corrected chi connectivity index (χ2v) is 8.32. The van der Waals surface area contributed by atoms with Crippen LogP contribution in [0.3, 0.4) is 0 Å². The highest BCUT2D eigenvalue weighted by atomic mass is 16.7. The van der Waals surface area contributed by atoms with Crippen LogP contribution in [0.1, 0.15) is 80.6 Å². The summed E-state index contributed by atoms with van der Waals surface area (Å²) in [4.78, 5) is 11.6. The minimum Gasteiger partial charge on any atom is -0.438 e. The van der Waals surface area contributed by atoms with Gasteiger partial charge >= 0.3 is 5.97 Å². The van der Waals surface area contributed by atoms with Crippen molar-refractivity contribution >= 4 is 5.97 Å². The number of carbonyl (C=O) groups is 1. The smallest absolute Gasteiger partial charge is 0.313 e. The topological polar surface area (TPSA) is 47.6 Å². The van der Waals surface area contributed by atoms with Gasteiger partial charge in [-0.25, -0.2) is 0 Å². The third-order valence-corrected chi connectivity index (χ3v) is 5.41. The Morgan fingerprint density at radius 2 is 1.78 bits per heavy atom. The molecular formula is C19H37NO3. The maximum Gasteiger partial charge on any atom is 0.313 e. The zero-order chi connectivity index (χ0) is 17.7. The number of esters is 1. The number of hydrogen-bond acceptors (Lipinski definition) is 4. The van der Waals surface area contributed by atoms with Crippen molar-refractivity contribution in [3.8, 4) is 0 Å². The molecule has 4 heteroatoms. The molecule has 1 saturated carbocycles. The van der Waals surface area contributed by atoms with E-state index in [9.17, 15) is 4.79 Å². The first-order valence-corrected chi connectivity index (χ1v) is 9.19. The van der Waals surface area contributed by atoms with Gasteiger partial charge in [0, 0.05) is 11.6 Å². The van der Waals surface area contributed by atoms with E-state index in [0.717, 1.165) is 6.42 Å². The fourth-order valence-electron chi connectivity index (χ4n) is 3.79. The largest absolute Gasteiger partial charge is 0.438 e. The molecule has 1 aliphatic heterocycles. The van der Waals surface area contributed by atoms with Crippen LogP contribution in [0.4, 0.5) is 0 Å². The van der Waals surface area contributed by atoms with Crippen LogP contribution in [0.15, 0.2) is 0 Å². The van der Waals surface area contributed by atoms with Gasteiger partial charge in [-0.1, -0.05) is 33.6 Å². The van der Waals surface area contributed by atoms with E-state index in [1.165, 1.54) is 25.7 Å². The minimum atomic E-state index is -0.467. The summed E-state index contributed by atoms with van der Waals surface area (Å²) in [5.41, 5.74) is 0.146. The summed E-state index contributed by atoms with van der Waals surface area (Å²) in [5.74, 6) is -0.213. The predicted octanol–water partition coefficient (Wildman–Crippen LogP) is 4.28. The van der Waals surface area contributed by atoms with Crippen LogP contribution in [-0.4, -0.2) is 30.9 Å². The van der Waals surface area contributed by atoms with E-state index in [1.807, 2.05) is 34.6 Å². The zero-order valence-electron chi connectivity index (χ0n) is 16.3. The molecule has 136 valence electrons. The maximum atomic E-state index is 11.6. The Bertz CT molecular complexity index is 371. The average Bonchev–Trinajstić information content (AvgIpc) is 2.75. The lowest BCUT2D eigenvalue weighted by atomic mass is 9.64. The number of ether oxygens (including phenoxy) is 2. The van der Waals surface area contributed by atoms with Crippen LogP contribution in [0.2, 0.25) is 0 Å². The quantitative estimate of drug-likeness (QED) is 0.476. The van der Waals surface area contributed by atoms with Crippen LogP contribution in [0, 0.1) is 10.8 Å². The molecule has 0 aromatic heterocycles. The highest BCUT2D eigenvalue weighted by Gasteiger charge is 2.52. The number of rotatable bonds is 4. The van der Waals surface area contributed by atoms with E-state index in [2.05, 4.69) is 19.2 Å². The number of fused-ring (bicyclic) bond motifs is 1. The van der Waals surface area contributed by atoms with Crippen molar-refractivity contribution in [2.24, 2.45) is 10.8 Å². The van der Waals surface area contributed by atoms with Crippen molar-refractivity contribution in [2.45, 2.75) is 92.2 Å². The van der Waals surface area contributed by atoms with Crippen molar-refractivity contribution in [1.82, 2.24) is 5.32 Å². The van der Waals surface area contributed by atoms with Gasteiger partial charge in [-0.05, 0) is 52.4 Å². The number of hydrogen-bond donors (Lipinski definition) is 1. The molecule has 0 radical (unpaired) electrons.